The Hall–Kier alpha value is -1.66. The molecule has 0 bridgehead atoms. The molecule has 0 fully saturated rings. The Morgan fingerprint density at radius 1 is 1.42 bits per heavy atom. The van der Waals surface area contributed by atoms with E-state index in [-0.39, 0.29) is 5.28 Å². The van der Waals surface area contributed by atoms with E-state index in [2.05, 4.69) is 21.5 Å². The Bertz CT molecular complexity index is 842. The fourth-order valence-corrected chi connectivity index (χ4v) is 3.75. The lowest BCUT2D eigenvalue weighted by Gasteiger charge is -2.08. The number of anilines is 1. The van der Waals surface area contributed by atoms with Gasteiger partial charge in [-0.05, 0) is 67.8 Å². The summed E-state index contributed by atoms with van der Waals surface area (Å²) in [5, 5.41) is 9.92. The van der Waals surface area contributed by atoms with Gasteiger partial charge in [0, 0.05) is 10.6 Å². The average molecular weight is 367 g/mol. The molecule has 4 nitrogen and oxygen atoms in total. The number of hydrogen-bond donors (Lipinski definition) is 1. The number of hydrogen-bond acceptors (Lipinski definition) is 4. The molecule has 3 heterocycles. The number of nitrogens with zero attached hydrogens (tertiary/aromatic N) is 3. The highest BCUT2D eigenvalue weighted by atomic mass is 35.5. The highest BCUT2D eigenvalue weighted by molar-refractivity contribution is 7.09. The fraction of sp³-hybridized carbons (Fsp3) is 0.412. The number of fused-ring (bicyclic) bond motifs is 1. The first-order valence-electron chi connectivity index (χ1n) is 7.92. The van der Waals surface area contributed by atoms with Gasteiger partial charge < -0.3 is 5.32 Å². The second-order valence-electron chi connectivity index (χ2n) is 5.93. The molecule has 0 spiro atoms. The zero-order chi connectivity index (χ0) is 17.3. The predicted molar refractivity (Wildman–Crippen MR) is 98.0 cm³/mol. The molecule has 0 radical (unpaired) electrons. The topological polar surface area (TPSA) is 42.2 Å². The first-order chi connectivity index (χ1) is 11.5. The van der Waals surface area contributed by atoms with E-state index in [1.807, 2.05) is 29.8 Å². The molecule has 0 saturated heterocycles. The molecule has 3 aromatic rings. The molecular weight excluding hydrogens is 347 g/mol. The van der Waals surface area contributed by atoms with Crippen molar-refractivity contribution in [2.75, 3.05) is 5.32 Å². The van der Waals surface area contributed by atoms with Crippen LogP contribution in [-0.4, -0.2) is 20.8 Å². The van der Waals surface area contributed by atoms with Crippen molar-refractivity contribution in [2.45, 2.75) is 46.3 Å². The third-order valence-corrected chi connectivity index (χ3v) is 5.22. The molecule has 1 atom stereocenters. The predicted octanol–water partition coefficient (Wildman–Crippen LogP) is 4.96. The number of halogens is 2. The number of rotatable bonds is 6. The average Bonchev–Trinajstić information content (AvgIpc) is 3.12. The van der Waals surface area contributed by atoms with Crippen LogP contribution in [0.1, 0.15) is 35.0 Å². The van der Waals surface area contributed by atoms with Crippen LogP contribution in [0.5, 0.6) is 0 Å². The second kappa shape index (κ2) is 7.07. The zero-order valence-corrected chi connectivity index (χ0v) is 15.5. The van der Waals surface area contributed by atoms with Crippen molar-refractivity contribution >= 4 is 34.3 Å². The highest BCUT2D eigenvalue weighted by Crippen LogP contribution is 2.29. The maximum absolute atomic E-state index is 13.3. The standard InChI is InChI=1S/C17H20ClFN4S/c1-10(19)6-7-14-11(2)15-16(20-9-13-5-4-8-24-13)21-17(18)22-23(15)12(14)3/h4-5,8,10H,6-7,9H2,1-3H3,(H,20,21,22). The lowest BCUT2D eigenvalue weighted by atomic mass is 10.0. The van der Waals surface area contributed by atoms with Crippen LogP contribution in [0, 0.1) is 13.8 Å². The minimum absolute atomic E-state index is 0.194. The molecule has 3 rings (SSSR count). The Kier molecular flexibility index (Phi) is 5.06. The van der Waals surface area contributed by atoms with Crippen LogP contribution in [0.2, 0.25) is 5.28 Å². The first-order valence-corrected chi connectivity index (χ1v) is 9.17. The lowest BCUT2D eigenvalue weighted by molar-refractivity contribution is 0.341. The van der Waals surface area contributed by atoms with Crippen LogP contribution in [0.3, 0.4) is 0 Å². The quantitative estimate of drug-likeness (QED) is 0.670. The number of thiophene rings is 1. The molecule has 128 valence electrons. The summed E-state index contributed by atoms with van der Waals surface area (Å²) in [6, 6.07) is 4.09. The first kappa shape index (κ1) is 17.2. The van der Waals surface area contributed by atoms with Crippen molar-refractivity contribution in [2.24, 2.45) is 0 Å². The van der Waals surface area contributed by atoms with Crippen molar-refractivity contribution in [3.63, 3.8) is 0 Å². The molecule has 0 aliphatic heterocycles. The number of nitrogens with one attached hydrogen (secondary N) is 1. The monoisotopic (exact) mass is 366 g/mol. The third-order valence-electron chi connectivity index (χ3n) is 4.19. The van der Waals surface area contributed by atoms with Crippen molar-refractivity contribution in [3.8, 4) is 0 Å². The van der Waals surface area contributed by atoms with Crippen LogP contribution in [0.25, 0.3) is 5.52 Å². The van der Waals surface area contributed by atoms with Gasteiger partial charge in [0.2, 0.25) is 5.28 Å². The van der Waals surface area contributed by atoms with E-state index in [0.717, 1.165) is 22.3 Å². The van der Waals surface area contributed by atoms with Crippen LogP contribution < -0.4 is 5.32 Å². The van der Waals surface area contributed by atoms with Crippen molar-refractivity contribution < 1.29 is 4.39 Å². The van der Waals surface area contributed by atoms with Gasteiger partial charge in [-0.25, -0.2) is 8.91 Å². The Labute approximate surface area is 149 Å². The normalized spacial score (nSPS) is 12.7. The van der Waals surface area contributed by atoms with Crippen molar-refractivity contribution in [1.29, 1.82) is 0 Å². The minimum atomic E-state index is -0.821. The summed E-state index contributed by atoms with van der Waals surface area (Å²) in [5.74, 6) is 0.712. The van der Waals surface area contributed by atoms with Crippen molar-refractivity contribution in [1.82, 2.24) is 14.6 Å². The van der Waals surface area contributed by atoms with Gasteiger partial charge in [0.15, 0.2) is 5.82 Å². The van der Waals surface area contributed by atoms with E-state index in [0.29, 0.717) is 25.2 Å². The SMILES string of the molecule is Cc1c(CCC(C)F)c(C)n2nc(Cl)nc(NCc3cccs3)c12. The number of aromatic nitrogens is 3. The molecule has 0 amide bonds. The number of aryl methyl sites for hydroxylation is 2. The molecule has 0 aromatic carbocycles. The lowest BCUT2D eigenvalue weighted by Crippen LogP contribution is -2.06. The Balaban J connectivity index is 2.00. The maximum Gasteiger partial charge on any atom is 0.243 e. The summed E-state index contributed by atoms with van der Waals surface area (Å²) in [7, 11) is 0. The second-order valence-corrected chi connectivity index (χ2v) is 7.30. The molecule has 0 aliphatic rings. The molecular formula is C17H20ClFN4S. The Morgan fingerprint density at radius 3 is 2.88 bits per heavy atom. The van der Waals surface area contributed by atoms with Gasteiger partial charge in [-0.1, -0.05) is 6.07 Å². The summed E-state index contributed by atoms with van der Waals surface area (Å²) in [5.41, 5.74) is 4.11. The largest absolute Gasteiger partial charge is 0.363 e. The Morgan fingerprint density at radius 2 is 2.21 bits per heavy atom. The molecule has 7 heteroatoms. The van der Waals surface area contributed by atoms with Crippen molar-refractivity contribution in [3.05, 3.63) is 44.5 Å². The van der Waals surface area contributed by atoms with E-state index in [4.69, 9.17) is 11.6 Å². The van der Waals surface area contributed by atoms with Crippen LogP contribution in [0.15, 0.2) is 17.5 Å². The molecule has 1 unspecified atom stereocenters. The van der Waals surface area contributed by atoms with E-state index in [9.17, 15) is 4.39 Å². The summed E-state index contributed by atoms with van der Waals surface area (Å²) in [6.07, 6.45) is 0.358. The summed E-state index contributed by atoms with van der Waals surface area (Å²) in [4.78, 5) is 5.58. The summed E-state index contributed by atoms with van der Waals surface area (Å²) >= 11 is 7.79. The minimum Gasteiger partial charge on any atom is -0.363 e. The van der Waals surface area contributed by atoms with Crippen LogP contribution in [0.4, 0.5) is 10.2 Å². The third kappa shape index (κ3) is 3.39. The van der Waals surface area contributed by atoms with Gasteiger partial charge in [0.1, 0.15) is 5.52 Å². The van der Waals surface area contributed by atoms with Gasteiger partial charge in [0.25, 0.3) is 0 Å². The number of alkyl halides is 1. The molecule has 3 aromatic heterocycles. The maximum atomic E-state index is 13.3. The molecule has 0 saturated carbocycles. The van der Waals surface area contributed by atoms with Gasteiger partial charge in [-0.3, -0.25) is 0 Å². The molecule has 0 aliphatic carbocycles. The van der Waals surface area contributed by atoms with Gasteiger partial charge in [-0.2, -0.15) is 4.98 Å². The zero-order valence-electron chi connectivity index (χ0n) is 13.9. The summed E-state index contributed by atoms with van der Waals surface area (Å²) < 4.78 is 15.1. The van der Waals surface area contributed by atoms with Crippen LogP contribution in [-0.2, 0) is 13.0 Å². The molecule has 1 N–H and O–H groups in total. The summed E-state index contributed by atoms with van der Waals surface area (Å²) in [6.45, 7) is 6.30. The van der Waals surface area contributed by atoms with Gasteiger partial charge in [-0.15, -0.1) is 16.4 Å². The van der Waals surface area contributed by atoms with E-state index in [1.54, 1.807) is 18.3 Å². The molecule has 24 heavy (non-hydrogen) atoms. The van der Waals surface area contributed by atoms with Crippen LogP contribution >= 0.6 is 22.9 Å². The fourth-order valence-electron chi connectivity index (χ4n) is 2.94. The van der Waals surface area contributed by atoms with E-state index in [1.165, 1.54) is 4.88 Å². The highest BCUT2D eigenvalue weighted by Gasteiger charge is 2.18. The smallest absolute Gasteiger partial charge is 0.243 e. The van der Waals surface area contributed by atoms with E-state index >= 15 is 0 Å². The van der Waals surface area contributed by atoms with Gasteiger partial charge >= 0.3 is 0 Å². The van der Waals surface area contributed by atoms with Gasteiger partial charge in [0.05, 0.1) is 12.7 Å². The van der Waals surface area contributed by atoms with E-state index < -0.39 is 6.17 Å².